The second-order valence-corrected chi connectivity index (χ2v) is 10.4. The molecule has 2 aliphatic heterocycles. The highest BCUT2D eigenvalue weighted by atomic mass is 35.5. The molecule has 1 spiro atoms. The van der Waals surface area contributed by atoms with Gasteiger partial charge in [-0.15, -0.1) is 0 Å². The van der Waals surface area contributed by atoms with Crippen molar-refractivity contribution in [3.05, 3.63) is 63.4 Å². The molecule has 2 atom stereocenters. The van der Waals surface area contributed by atoms with Gasteiger partial charge in [-0.05, 0) is 67.9 Å². The van der Waals surface area contributed by atoms with Crippen LogP contribution in [0.1, 0.15) is 67.8 Å². The van der Waals surface area contributed by atoms with E-state index in [9.17, 15) is 27.5 Å². The maximum atomic E-state index is 14.9. The number of aryl methyl sites for hydroxylation is 1. The van der Waals surface area contributed by atoms with E-state index in [1.807, 2.05) is 30.0 Å². The van der Waals surface area contributed by atoms with Crippen LogP contribution in [0.4, 0.5) is 17.6 Å². The van der Waals surface area contributed by atoms with Crippen molar-refractivity contribution in [2.24, 2.45) is 5.92 Å². The fourth-order valence-corrected chi connectivity index (χ4v) is 5.63. The Bertz CT molecular complexity index is 1130. The molecule has 0 radical (unpaired) electrons. The van der Waals surface area contributed by atoms with Crippen molar-refractivity contribution >= 4 is 17.6 Å². The number of piperidine rings is 1. The molecule has 1 fully saturated rings. The lowest BCUT2D eigenvalue weighted by Crippen LogP contribution is -2.50. The zero-order valence-electron chi connectivity index (χ0n) is 20.3. The molecule has 4 rings (SSSR count). The first kappa shape index (κ1) is 26.7. The van der Waals surface area contributed by atoms with E-state index in [1.165, 1.54) is 0 Å². The van der Waals surface area contributed by atoms with Crippen LogP contribution >= 0.6 is 11.6 Å². The largest absolute Gasteiger partial charge is 0.487 e. The second kappa shape index (κ2) is 10.2. The molecular weight excluding hydrogens is 498 g/mol. The van der Waals surface area contributed by atoms with Crippen molar-refractivity contribution in [1.82, 2.24) is 4.90 Å². The van der Waals surface area contributed by atoms with Gasteiger partial charge in [-0.2, -0.15) is 13.2 Å². The van der Waals surface area contributed by atoms with E-state index in [0.717, 1.165) is 35.8 Å². The van der Waals surface area contributed by atoms with Crippen LogP contribution in [0.5, 0.6) is 5.75 Å². The van der Waals surface area contributed by atoms with Gasteiger partial charge in [0.2, 0.25) is 0 Å². The number of ether oxygens (including phenoxy) is 1. The summed E-state index contributed by atoms with van der Waals surface area (Å²) in [5.41, 5.74) is 0.613. The first-order valence-corrected chi connectivity index (χ1v) is 12.6. The predicted molar refractivity (Wildman–Crippen MR) is 129 cm³/mol. The van der Waals surface area contributed by atoms with Crippen molar-refractivity contribution in [2.75, 3.05) is 13.1 Å². The van der Waals surface area contributed by atoms with Crippen LogP contribution in [0.25, 0.3) is 0 Å². The Kier molecular flexibility index (Phi) is 7.58. The molecular formula is C27H30ClF4NO3. The molecule has 36 heavy (non-hydrogen) atoms. The normalized spacial score (nSPS) is 19.4. The Labute approximate surface area is 213 Å². The minimum atomic E-state index is -4.61. The van der Waals surface area contributed by atoms with Gasteiger partial charge in [0.05, 0.1) is 16.5 Å². The molecule has 1 N–H and O–H groups in total. The molecule has 0 bridgehead atoms. The van der Waals surface area contributed by atoms with E-state index >= 15 is 0 Å². The van der Waals surface area contributed by atoms with Crippen molar-refractivity contribution in [1.29, 1.82) is 0 Å². The Morgan fingerprint density at radius 3 is 2.50 bits per heavy atom. The summed E-state index contributed by atoms with van der Waals surface area (Å²) in [6.45, 7) is 4.60. The number of halogens is 5. The number of rotatable bonds is 6. The third-order valence-electron chi connectivity index (χ3n) is 7.55. The molecule has 9 heteroatoms. The van der Waals surface area contributed by atoms with Gasteiger partial charge in [0.25, 0.3) is 0 Å². The summed E-state index contributed by atoms with van der Waals surface area (Å²) >= 11 is 5.84. The average Bonchev–Trinajstić information content (AvgIpc) is 2.82. The third kappa shape index (κ3) is 5.49. The quantitative estimate of drug-likeness (QED) is 0.408. The van der Waals surface area contributed by atoms with Crippen LogP contribution in [-0.4, -0.2) is 34.7 Å². The second-order valence-electron chi connectivity index (χ2n) is 9.99. The van der Waals surface area contributed by atoms with Crippen molar-refractivity contribution in [2.45, 2.75) is 70.2 Å². The topological polar surface area (TPSA) is 49.8 Å². The molecule has 2 aliphatic rings. The summed E-state index contributed by atoms with van der Waals surface area (Å²) in [6.07, 6.45) is -0.786. The van der Waals surface area contributed by atoms with Gasteiger partial charge >= 0.3 is 12.1 Å². The highest BCUT2D eigenvalue weighted by Crippen LogP contribution is 2.43. The zero-order chi connectivity index (χ0) is 26.3. The van der Waals surface area contributed by atoms with Gasteiger partial charge in [0.1, 0.15) is 17.2 Å². The Morgan fingerprint density at radius 2 is 1.89 bits per heavy atom. The molecule has 196 valence electrons. The summed E-state index contributed by atoms with van der Waals surface area (Å²) in [7, 11) is 0. The predicted octanol–water partition coefficient (Wildman–Crippen LogP) is 7.07. The van der Waals surface area contributed by atoms with Gasteiger partial charge in [-0.3, -0.25) is 9.69 Å². The fourth-order valence-electron chi connectivity index (χ4n) is 5.40. The molecule has 2 aromatic rings. The Morgan fingerprint density at radius 1 is 1.19 bits per heavy atom. The molecule has 0 aliphatic carbocycles. The Hall–Kier alpha value is -2.32. The van der Waals surface area contributed by atoms with Gasteiger partial charge < -0.3 is 9.84 Å². The van der Waals surface area contributed by atoms with Crippen molar-refractivity contribution in [3.8, 4) is 5.75 Å². The number of benzene rings is 2. The molecule has 2 heterocycles. The lowest BCUT2D eigenvalue weighted by Gasteiger charge is -2.46. The van der Waals surface area contributed by atoms with E-state index in [-0.39, 0.29) is 5.56 Å². The number of carbonyl (C=O) groups is 1. The summed E-state index contributed by atoms with van der Waals surface area (Å²) in [5, 5.41) is 8.70. The zero-order valence-corrected chi connectivity index (χ0v) is 21.1. The summed E-state index contributed by atoms with van der Waals surface area (Å²) in [4.78, 5) is 13.3. The number of alkyl halides is 3. The van der Waals surface area contributed by atoms with E-state index in [0.29, 0.717) is 44.8 Å². The highest BCUT2D eigenvalue weighted by molar-refractivity contribution is 6.30. The molecule has 2 unspecified atom stereocenters. The molecule has 4 nitrogen and oxygen atoms in total. The fraction of sp³-hybridized carbons (Fsp3) is 0.519. The van der Waals surface area contributed by atoms with Gasteiger partial charge in [-0.25, -0.2) is 4.39 Å². The van der Waals surface area contributed by atoms with Crippen LogP contribution < -0.4 is 4.74 Å². The molecule has 2 aromatic carbocycles. The van der Waals surface area contributed by atoms with Gasteiger partial charge in [0, 0.05) is 24.7 Å². The van der Waals surface area contributed by atoms with Crippen LogP contribution in [0.15, 0.2) is 30.3 Å². The first-order chi connectivity index (χ1) is 16.9. The highest BCUT2D eigenvalue weighted by Gasteiger charge is 2.42. The van der Waals surface area contributed by atoms with Crippen LogP contribution in [-0.2, 0) is 23.8 Å². The number of likely N-dealkylation sites (tertiary alicyclic amines) is 1. The smallest absolute Gasteiger partial charge is 0.416 e. The van der Waals surface area contributed by atoms with Crippen molar-refractivity contribution < 1.29 is 32.2 Å². The lowest BCUT2D eigenvalue weighted by molar-refractivity contribution is -0.141. The van der Waals surface area contributed by atoms with Crippen molar-refractivity contribution in [3.63, 3.8) is 0 Å². The number of aliphatic carboxylic acids is 1. The number of hydrogen-bond acceptors (Lipinski definition) is 3. The number of carboxylic acids is 1. The molecule has 0 saturated carbocycles. The third-order valence-corrected chi connectivity index (χ3v) is 7.83. The van der Waals surface area contributed by atoms with Crippen LogP contribution in [0, 0.1) is 11.7 Å². The maximum Gasteiger partial charge on any atom is 0.416 e. The molecule has 0 aromatic heterocycles. The summed E-state index contributed by atoms with van der Waals surface area (Å²) in [5.74, 6) is -1.38. The van der Waals surface area contributed by atoms with Gasteiger partial charge in [0.15, 0.2) is 0 Å². The minimum absolute atomic E-state index is 0.0274. The number of hydrogen-bond donors (Lipinski definition) is 1. The summed E-state index contributed by atoms with van der Waals surface area (Å²) in [6, 6.07) is 6.86. The molecule has 1 saturated heterocycles. The minimum Gasteiger partial charge on any atom is -0.487 e. The number of fused-ring (bicyclic) bond motifs is 1. The monoisotopic (exact) mass is 527 g/mol. The Balaban J connectivity index is 1.50. The van der Waals surface area contributed by atoms with Crippen LogP contribution in [0.3, 0.4) is 0 Å². The average molecular weight is 528 g/mol. The standard InChI is InChI=1S/C27H30ClF4NO3/c1-3-22(20-14-19(27(30,31)32)15-21(28)24(20)29)33-10-8-26(9-11-33)7-6-18-5-4-17(13-23(18)36-26)12-16(2)25(34)35/h4-5,13-16,22H,3,6-12H2,1-2H3,(H,34,35). The lowest BCUT2D eigenvalue weighted by atomic mass is 9.82. The van der Waals surface area contributed by atoms with E-state index in [2.05, 4.69) is 0 Å². The maximum absolute atomic E-state index is 14.9. The van der Waals surface area contributed by atoms with Gasteiger partial charge in [-0.1, -0.05) is 37.6 Å². The van der Waals surface area contributed by atoms with Crippen LogP contribution in [0.2, 0.25) is 5.02 Å². The van der Waals surface area contributed by atoms with E-state index in [4.69, 9.17) is 16.3 Å². The van der Waals surface area contributed by atoms with E-state index < -0.39 is 46.1 Å². The first-order valence-electron chi connectivity index (χ1n) is 12.3. The number of carboxylic acid groups (broad SMARTS) is 1. The SMILES string of the molecule is CCC(c1cc(C(F)(F)F)cc(Cl)c1F)N1CCC2(CCc3ccc(CC(C)C(=O)O)cc3O2)CC1. The van der Waals surface area contributed by atoms with E-state index in [1.54, 1.807) is 6.92 Å². The summed E-state index contributed by atoms with van der Waals surface area (Å²) < 4.78 is 61.4. The number of nitrogens with zero attached hydrogens (tertiary/aromatic N) is 1. The molecule has 0 amide bonds.